The summed E-state index contributed by atoms with van der Waals surface area (Å²) in [6, 6.07) is 12.9. The summed E-state index contributed by atoms with van der Waals surface area (Å²) in [7, 11) is -2.23. The average molecular weight is 393 g/mol. The Morgan fingerprint density at radius 2 is 1.69 bits per heavy atom. The van der Waals surface area contributed by atoms with Crippen molar-refractivity contribution in [2.45, 2.75) is 24.2 Å². The summed E-state index contributed by atoms with van der Waals surface area (Å²) in [6.45, 7) is 1.41. The molecule has 1 amide bonds. The van der Waals surface area contributed by atoms with Crippen molar-refractivity contribution in [2.24, 2.45) is 0 Å². The van der Waals surface area contributed by atoms with Crippen LogP contribution in [0.1, 0.15) is 29.6 Å². The van der Waals surface area contributed by atoms with Crippen LogP contribution in [0.5, 0.6) is 0 Å². The molecule has 0 saturated carbocycles. The van der Waals surface area contributed by atoms with Crippen molar-refractivity contribution >= 4 is 33.2 Å². The van der Waals surface area contributed by atoms with Gasteiger partial charge in [-0.3, -0.25) is 9.10 Å². The van der Waals surface area contributed by atoms with E-state index in [1.54, 1.807) is 53.4 Å². The number of hydrogen-bond donors (Lipinski definition) is 0. The lowest BCUT2D eigenvalue weighted by Crippen LogP contribution is -2.36. The van der Waals surface area contributed by atoms with E-state index in [4.69, 9.17) is 11.6 Å². The van der Waals surface area contributed by atoms with Crippen molar-refractivity contribution in [1.29, 1.82) is 0 Å². The molecule has 0 bridgehead atoms. The van der Waals surface area contributed by atoms with Crippen molar-refractivity contribution in [3.63, 3.8) is 0 Å². The molecule has 2 aromatic carbocycles. The minimum atomic E-state index is -3.71. The van der Waals surface area contributed by atoms with Crippen LogP contribution in [-0.2, 0) is 10.0 Å². The number of hydrogen-bond acceptors (Lipinski definition) is 3. The molecule has 1 fully saturated rings. The summed E-state index contributed by atoms with van der Waals surface area (Å²) in [5, 5.41) is 0.329. The van der Waals surface area contributed by atoms with Crippen LogP contribution >= 0.6 is 11.6 Å². The van der Waals surface area contributed by atoms with Gasteiger partial charge in [0.15, 0.2) is 0 Å². The molecule has 0 unspecified atom stereocenters. The Hall–Kier alpha value is -2.05. The molecular formula is C19H21ClN2O3S. The summed E-state index contributed by atoms with van der Waals surface area (Å²) in [4.78, 5) is 14.8. The van der Waals surface area contributed by atoms with Crippen molar-refractivity contribution in [1.82, 2.24) is 4.90 Å². The van der Waals surface area contributed by atoms with Crippen LogP contribution in [0.25, 0.3) is 0 Å². The Morgan fingerprint density at radius 3 is 2.35 bits per heavy atom. The van der Waals surface area contributed by atoms with E-state index >= 15 is 0 Å². The molecule has 1 saturated heterocycles. The quantitative estimate of drug-likeness (QED) is 0.795. The van der Waals surface area contributed by atoms with E-state index < -0.39 is 10.0 Å². The van der Waals surface area contributed by atoms with Crippen LogP contribution in [0, 0.1) is 0 Å². The number of nitrogens with zero attached hydrogens (tertiary/aromatic N) is 2. The Labute approximate surface area is 159 Å². The number of sulfonamides is 1. The zero-order valence-electron chi connectivity index (χ0n) is 14.6. The number of anilines is 1. The summed E-state index contributed by atoms with van der Waals surface area (Å²) < 4.78 is 26.8. The van der Waals surface area contributed by atoms with Gasteiger partial charge in [0.05, 0.1) is 21.2 Å². The van der Waals surface area contributed by atoms with Crippen molar-refractivity contribution in [2.75, 3.05) is 24.4 Å². The van der Waals surface area contributed by atoms with Crippen molar-refractivity contribution in [3.8, 4) is 0 Å². The molecule has 1 heterocycles. The van der Waals surface area contributed by atoms with Gasteiger partial charge in [-0.05, 0) is 49.6 Å². The van der Waals surface area contributed by atoms with Gasteiger partial charge in [0, 0.05) is 20.1 Å². The fourth-order valence-corrected chi connectivity index (χ4v) is 4.44. The monoisotopic (exact) mass is 392 g/mol. The first kappa shape index (κ1) is 18.7. The lowest BCUT2D eigenvalue weighted by molar-refractivity contribution is 0.0724. The fourth-order valence-electron chi connectivity index (χ4n) is 3.03. The van der Waals surface area contributed by atoms with Crippen LogP contribution in [0.15, 0.2) is 53.4 Å². The second-order valence-electron chi connectivity index (χ2n) is 6.30. The largest absolute Gasteiger partial charge is 0.339 e. The third-order valence-corrected chi connectivity index (χ3v) is 6.72. The molecule has 2 aromatic rings. The topological polar surface area (TPSA) is 57.7 Å². The summed E-state index contributed by atoms with van der Waals surface area (Å²) in [5.74, 6) is -0.151. The Kier molecular flexibility index (Phi) is 5.53. The molecule has 1 aliphatic heterocycles. The summed E-state index contributed by atoms with van der Waals surface area (Å²) >= 11 is 6.23. The lowest BCUT2D eigenvalue weighted by Gasteiger charge is -2.27. The van der Waals surface area contributed by atoms with E-state index in [0.717, 1.165) is 19.3 Å². The van der Waals surface area contributed by atoms with Gasteiger partial charge in [-0.15, -0.1) is 0 Å². The number of carbonyl (C=O) groups excluding carboxylic acids is 1. The first-order chi connectivity index (χ1) is 12.4. The predicted molar refractivity (Wildman–Crippen MR) is 103 cm³/mol. The van der Waals surface area contributed by atoms with E-state index in [9.17, 15) is 13.2 Å². The number of amides is 1. The third kappa shape index (κ3) is 3.71. The van der Waals surface area contributed by atoms with E-state index in [1.807, 2.05) is 0 Å². The predicted octanol–water partition coefficient (Wildman–Crippen LogP) is 3.79. The molecule has 0 atom stereocenters. The zero-order chi connectivity index (χ0) is 18.7. The molecule has 0 aliphatic carbocycles. The third-order valence-electron chi connectivity index (χ3n) is 4.59. The van der Waals surface area contributed by atoms with Gasteiger partial charge in [-0.2, -0.15) is 0 Å². The highest BCUT2D eigenvalue weighted by molar-refractivity contribution is 7.92. The van der Waals surface area contributed by atoms with Gasteiger partial charge in [0.25, 0.3) is 15.9 Å². The van der Waals surface area contributed by atoms with E-state index in [0.29, 0.717) is 29.4 Å². The first-order valence-corrected chi connectivity index (χ1v) is 10.4. The SMILES string of the molecule is CN(c1ccc(Cl)c(C(=O)N2CCCCC2)c1)S(=O)(=O)c1ccccc1. The molecule has 5 nitrogen and oxygen atoms in total. The van der Waals surface area contributed by atoms with Crippen LogP contribution in [0.3, 0.4) is 0 Å². The number of piperidine rings is 1. The van der Waals surface area contributed by atoms with Gasteiger partial charge in [0.1, 0.15) is 0 Å². The molecule has 1 aliphatic rings. The molecule has 0 radical (unpaired) electrons. The number of benzene rings is 2. The zero-order valence-corrected chi connectivity index (χ0v) is 16.1. The van der Waals surface area contributed by atoms with Gasteiger partial charge < -0.3 is 4.90 Å². The van der Waals surface area contributed by atoms with Crippen LogP contribution in [0.2, 0.25) is 5.02 Å². The normalized spacial score (nSPS) is 14.9. The van der Waals surface area contributed by atoms with Crippen molar-refractivity contribution in [3.05, 3.63) is 59.1 Å². The highest BCUT2D eigenvalue weighted by Gasteiger charge is 2.25. The second kappa shape index (κ2) is 7.68. The molecule has 0 aromatic heterocycles. The standard InChI is InChI=1S/C19H21ClN2O3S/c1-21(26(24,25)16-8-4-2-5-9-16)15-10-11-18(20)17(14-15)19(23)22-12-6-3-7-13-22/h2,4-5,8-11,14H,3,6-7,12-13H2,1H3. The van der Waals surface area contributed by atoms with Gasteiger partial charge in [-0.1, -0.05) is 29.8 Å². The number of likely N-dealkylation sites (tertiary alicyclic amines) is 1. The fraction of sp³-hybridized carbons (Fsp3) is 0.316. The van der Waals surface area contributed by atoms with E-state index in [2.05, 4.69) is 0 Å². The average Bonchev–Trinajstić information content (AvgIpc) is 2.68. The van der Waals surface area contributed by atoms with Crippen LogP contribution in [-0.4, -0.2) is 39.4 Å². The van der Waals surface area contributed by atoms with E-state index in [-0.39, 0.29) is 10.8 Å². The highest BCUT2D eigenvalue weighted by Crippen LogP contribution is 2.28. The highest BCUT2D eigenvalue weighted by atomic mass is 35.5. The van der Waals surface area contributed by atoms with Crippen molar-refractivity contribution < 1.29 is 13.2 Å². The number of rotatable bonds is 4. The van der Waals surface area contributed by atoms with Crippen LogP contribution < -0.4 is 4.31 Å². The molecular weight excluding hydrogens is 372 g/mol. The van der Waals surface area contributed by atoms with E-state index in [1.165, 1.54) is 11.4 Å². The molecule has 0 N–H and O–H groups in total. The molecule has 3 rings (SSSR count). The number of carbonyl (C=O) groups is 1. The maximum Gasteiger partial charge on any atom is 0.264 e. The smallest absolute Gasteiger partial charge is 0.264 e. The minimum Gasteiger partial charge on any atom is -0.339 e. The van der Waals surface area contributed by atoms with Crippen LogP contribution in [0.4, 0.5) is 5.69 Å². The molecule has 0 spiro atoms. The van der Waals surface area contributed by atoms with Gasteiger partial charge >= 0.3 is 0 Å². The minimum absolute atomic E-state index is 0.151. The Balaban J connectivity index is 1.93. The molecule has 7 heteroatoms. The Morgan fingerprint density at radius 1 is 1.04 bits per heavy atom. The summed E-state index contributed by atoms with van der Waals surface area (Å²) in [5.41, 5.74) is 0.736. The maximum absolute atomic E-state index is 12.8. The van der Waals surface area contributed by atoms with Gasteiger partial charge in [0.2, 0.25) is 0 Å². The first-order valence-electron chi connectivity index (χ1n) is 8.54. The maximum atomic E-state index is 12.8. The van der Waals surface area contributed by atoms with Gasteiger partial charge in [-0.25, -0.2) is 8.42 Å². The Bertz CT molecular complexity index is 894. The molecule has 138 valence electrons. The second-order valence-corrected chi connectivity index (χ2v) is 8.68. The molecule has 26 heavy (non-hydrogen) atoms. The summed E-state index contributed by atoms with van der Waals surface area (Å²) in [6.07, 6.45) is 3.08. The number of halogens is 1. The lowest BCUT2D eigenvalue weighted by atomic mass is 10.1.